The summed E-state index contributed by atoms with van der Waals surface area (Å²) in [5.41, 5.74) is 2.64. The van der Waals surface area contributed by atoms with Gasteiger partial charge in [0.15, 0.2) is 5.82 Å². The number of H-pyrrole nitrogens is 1. The number of alkyl halides is 3. The Labute approximate surface area is 74.3 Å². The molecule has 1 aromatic rings. The maximum absolute atomic E-state index is 12.6. The Hall–Kier alpha value is -1.73. The lowest BCUT2D eigenvalue weighted by molar-refractivity contribution is -0.274. The molecule has 1 aromatic heterocycles. The molecule has 0 spiro atoms. The standard InChI is InChI=1S/C6H4F4N2O2/c7-2-1-12-5(13)4(3(2)11)14-6(8,9)10/h1H,(H3,11,12,13). The number of anilines is 1. The Bertz CT molecular complexity index is 398. The Morgan fingerprint density at radius 2 is 2.00 bits per heavy atom. The SMILES string of the molecule is Nc1c(F)c[nH]c(=O)c1OC(F)(F)F. The summed E-state index contributed by atoms with van der Waals surface area (Å²) >= 11 is 0. The second-order valence-corrected chi connectivity index (χ2v) is 2.26. The molecule has 0 atom stereocenters. The average molecular weight is 212 g/mol. The normalized spacial score (nSPS) is 11.4. The highest BCUT2D eigenvalue weighted by Gasteiger charge is 2.33. The van der Waals surface area contributed by atoms with Crippen LogP contribution in [0.4, 0.5) is 23.2 Å². The Kier molecular flexibility index (Phi) is 2.37. The molecule has 3 N–H and O–H groups in total. The molecule has 0 aliphatic carbocycles. The summed E-state index contributed by atoms with van der Waals surface area (Å²) in [6, 6.07) is 0. The van der Waals surface area contributed by atoms with Crippen LogP contribution in [-0.4, -0.2) is 11.3 Å². The van der Waals surface area contributed by atoms with Crippen LogP contribution in [-0.2, 0) is 0 Å². The van der Waals surface area contributed by atoms with Crippen molar-refractivity contribution in [2.75, 3.05) is 5.73 Å². The molecule has 0 fully saturated rings. The van der Waals surface area contributed by atoms with Gasteiger partial charge in [0.2, 0.25) is 5.75 Å². The lowest BCUT2D eigenvalue weighted by atomic mass is 10.4. The quantitative estimate of drug-likeness (QED) is 0.682. The highest BCUT2D eigenvalue weighted by molar-refractivity contribution is 5.51. The number of nitrogens with one attached hydrogen (secondary N) is 1. The molecular formula is C6H4F4N2O2. The number of nitrogen functional groups attached to an aromatic ring is 1. The van der Waals surface area contributed by atoms with Gasteiger partial charge in [-0.2, -0.15) is 0 Å². The molecule has 4 nitrogen and oxygen atoms in total. The molecule has 78 valence electrons. The lowest BCUT2D eigenvalue weighted by Crippen LogP contribution is -2.24. The third-order valence-electron chi connectivity index (χ3n) is 1.26. The zero-order valence-corrected chi connectivity index (χ0v) is 6.48. The zero-order valence-electron chi connectivity index (χ0n) is 6.48. The van der Waals surface area contributed by atoms with E-state index in [4.69, 9.17) is 5.73 Å². The first-order chi connectivity index (χ1) is 6.31. The number of pyridine rings is 1. The molecule has 0 unspecified atom stereocenters. The third-order valence-corrected chi connectivity index (χ3v) is 1.26. The van der Waals surface area contributed by atoms with Gasteiger partial charge >= 0.3 is 6.36 Å². The second kappa shape index (κ2) is 3.20. The highest BCUT2D eigenvalue weighted by Crippen LogP contribution is 2.25. The summed E-state index contributed by atoms with van der Waals surface area (Å²) in [7, 11) is 0. The van der Waals surface area contributed by atoms with Gasteiger partial charge < -0.3 is 15.5 Å². The van der Waals surface area contributed by atoms with Crippen LogP contribution in [0.2, 0.25) is 0 Å². The first-order valence-electron chi connectivity index (χ1n) is 3.23. The fourth-order valence-electron chi connectivity index (χ4n) is 0.720. The molecule has 0 saturated heterocycles. The van der Waals surface area contributed by atoms with E-state index in [9.17, 15) is 22.4 Å². The minimum Gasteiger partial charge on any atom is -0.398 e. The number of aromatic amines is 1. The van der Waals surface area contributed by atoms with Crippen molar-refractivity contribution >= 4 is 5.69 Å². The van der Waals surface area contributed by atoms with Crippen molar-refractivity contribution in [1.82, 2.24) is 4.98 Å². The lowest BCUT2D eigenvalue weighted by Gasteiger charge is -2.09. The van der Waals surface area contributed by atoms with E-state index in [1.165, 1.54) is 0 Å². The summed E-state index contributed by atoms with van der Waals surface area (Å²) in [6.45, 7) is 0. The molecule has 0 saturated carbocycles. The van der Waals surface area contributed by atoms with E-state index in [1.807, 2.05) is 0 Å². The number of aromatic nitrogens is 1. The van der Waals surface area contributed by atoms with Gasteiger partial charge in [-0.3, -0.25) is 4.79 Å². The van der Waals surface area contributed by atoms with Crippen molar-refractivity contribution in [2.24, 2.45) is 0 Å². The molecule has 1 rings (SSSR count). The summed E-state index contributed by atoms with van der Waals surface area (Å²) in [5, 5.41) is 0. The van der Waals surface area contributed by atoms with E-state index < -0.39 is 29.2 Å². The molecule has 0 amide bonds. The monoisotopic (exact) mass is 212 g/mol. The number of ether oxygens (including phenoxy) is 1. The summed E-state index contributed by atoms with van der Waals surface area (Å²) in [5.74, 6) is -2.48. The van der Waals surface area contributed by atoms with E-state index in [1.54, 1.807) is 4.98 Å². The van der Waals surface area contributed by atoms with Crippen LogP contribution >= 0.6 is 0 Å². The van der Waals surface area contributed by atoms with E-state index in [2.05, 4.69) is 4.74 Å². The number of rotatable bonds is 1. The van der Waals surface area contributed by atoms with E-state index >= 15 is 0 Å². The molecule has 0 aliphatic rings. The van der Waals surface area contributed by atoms with Crippen LogP contribution < -0.4 is 16.0 Å². The Balaban J connectivity index is 3.20. The first-order valence-corrected chi connectivity index (χ1v) is 3.23. The molecule has 8 heteroatoms. The Morgan fingerprint density at radius 3 is 2.50 bits per heavy atom. The minimum atomic E-state index is -5.09. The van der Waals surface area contributed by atoms with Crippen molar-refractivity contribution in [3.05, 3.63) is 22.4 Å². The number of hydrogen-bond donors (Lipinski definition) is 2. The topological polar surface area (TPSA) is 68.1 Å². The van der Waals surface area contributed by atoms with Gasteiger partial charge in [-0.15, -0.1) is 13.2 Å². The van der Waals surface area contributed by atoms with Gasteiger partial charge in [-0.25, -0.2) is 4.39 Å². The Morgan fingerprint density at radius 1 is 1.43 bits per heavy atom. The minimum absolute atomic E-state index is 0.543. The smallest absolute Gasteiger partial charge is 0.398 e. The summed E-state index contributed by atoms with van der Waals surface area (Å²) in [6.07, 6.45) is -4.55. The van der Waals surface area contributed by atoms with Crippen LogP contribution in [0.3, 0.4) is 0 Å². The average Bonchev–Trinajstić information content (AvgIpc) is 2.04. The van der Waals surface area contributed by atoms with Crippen molar-refractivity contribution in [3.63, 3.8) is 0 Å². The van der Waals surface area contributed by atoms with E-state index in [0.29, 0.717) is 6.20 Å². The molecule has 0 radical (unpaired) electrons. The predicted molar refractivity (Wildman–Crippen MR) is 38.1 cm³/mol. The molecule has 0 bridgehead atoms. The predicted octanol–water partition coefficient (Wildman–Crippen LogP) is 0.995. The highest BCUT2D eigenvalue weighted by atomic mass is 19.4. The van der Waals surface area contributed by atoms with Crippen molar-refractivity contribution in [1.29, 1.82) is 0 Å². The molecule has 0 aromatic carbocycles. The fraction of sp³-hybridized carbons (Fsp3) is 0.167. The van der Waals surface area contributed by atoms with Gasteiger partial charge in [0, 0.05) is 6.20 Å². The number of nitrogens with two attached hydrogens (primary N) is 1. The third kappa shape index (κ3) is 2.15. The number of halogens is 4. The van der Waals surface area contributed by atoms with Crippen LogP contribution in [0.5, 0.6) is 5.75 Å². The van der Waals surface area contributed by atoms with Gasteiger partial charge in [0.05, 0.1) is 0 Å². The van der Waals surface area contributed by atoms with Gasteiger partial charge in [-0.05, 0) is 0 Å². The first kappa shape index (κ1) is 10.4. The van der Waals surface area contributed by atoms with Crippen LogP contribution in [0.15, 0.2) is 11.0 Å². The fourth-order valence-corrected chi connectivity index (χ4v) is 0.720. The van der Waals surface area contributed by atoms with Crippen LogP contribution in [0, 0.1) is 5.82 Å². The molecule has 1 heterocycles. The molecule has 14 heavy (non-hydrogen) atoms. The van der Waals surface area contributed by atoms with Crippen molar-refractivity contribution < 1.29 is 22.3 Å². The maximum atomic E-state index is 12.6. The number of hydrogen-bond acceptors (Lipinski definition) is 3. The zero-order chi connectivity index (χ0) is 10.9. The largest absolute Gasteiger partial charge is 0.573 e. The second-order valence-electron chi connectivity index (χ2n) is 2.26. The van der Waals surface area contributed by atoms with E-state index in [0.717, 1.165) is 0 Å². The van der Waals surface area contributed by atoms with Crippen molar-refractivity contribution in [2.45, 2.75) is 6.36 Å². The van der Waals surface area contributed by atoms with Gasteiger partial charge in [0.25, 0.3) is 5.56 Å². The van der Waals surface area contributed by atoms with E-state index in [-0.39, 0.29) is 0 Å². The van der Waals surface area contributed by atoms with Crippen LogP contribution in [0.25, 0.3) is 0 Å². The maximum Gasteiger partial charge on any atom is 0.573 e. The van der Waals surface area contributed by atoms with Gasteiger partial charge in [-0.1, -0.05) is 0 Å². The molecule has 0 aliphatic heterocycles. The summed E-state index contributed by atoms with van der Waals surface area (Å²) in [4.78, 5) is 12.4. The summed E-state index contributed by atoms with van der Waals surface area (Å²) < 4.78 is 50.9. The molecular weight excluding hydrogens is 208 g/mol. The van der Waals surface area contributed by atoms with Crippen LogP contribution in [0.1, 0.15) is 0 Å². The van der Waals surface area contributed by atoms with Gasteiger partial charge in [0.1, 0.15) is 5.69 Å². The van der Waals surface area contributed by atoms with Crippen molar-refractivity contribution in [3.8, 4) is 5.75 Å².